The molecule has 0 aromatic heterocycles. The predicted molar refractivity (Wildman–Crippen MR) is 58.0 cm³/mol. The lowest BCUT2D eigenvalue weighted by atomic mass is 10.1. The molecule has 0 heterocycles. The van der Waals surface area contributed by atoms with Crippen LogP contribution in [0.3, 0.4) is 0 Å². The zero-order valence-electron chi connectivity index (χ0n) is 9.38. The average Bonchev–Trinajstić information content (AvgIpc) is 2.21. The number of nitrogens with zero attached hydrogens (tertiary/aromatic N) is 1. The maximum Gasteiger partial charge on any atom is 0.0638 e. The highest BCUT2D eigenvalue weighted by molar-refractivity contribution is 4.79. The summed E-state index contributed by atoms with van der Waals surface area (Å²) in [5.74, 6) is 0. The van der Waals surface area contributed by atoms with E-state index in [4.69, 9.17) is 10.00 Å². The molecule has 0 rings (SSSR count). The zero-order chi connectivity index (χ0) is 10.6. The van der Waals surface area contributed by atoms with Crippen molar-refractivity contribution in [2.75, 3.05) is 20.3 Å². The van der Waals surface area contributed by atoms with Gasteiger partial charge in [-0.25, -0.2) is 0 Å². The van der Waals surface area contributed by atoms with Gasteiger partial charge in [-0.3, -0.25) is 0 Å². The lowest BCUT2D eigenvalue weighted by molar-refractivity contribution is 0.192. The Morgan fingerprint density at radius 1 is 1.36 bits per heavy atom. The second-order valence-electron chi connectivity index (χ2n) is 3.47. The number of methoxy groups -OCH3 is 1. The number of hydrogen-bond donors (Lipinski definition) is 1. The molecule has 14 heavy (non-hydrogen) atoms. The van der Waals surface area contributed by atoms with E-state index in [0.717, 1.165) is 26.0 Å². The van der Waals surface area contributed by atoms with Crippen LogP contribution in [0.15, 0.2) is 0 Å². The monoisotopic (exact) mass is 198 g/mol. The van der Waals surface area contributed by atoms with E-state index < -0.39 is 0 Å². The molecule has 1 atom stereocenters. The van der Waals surface area contributed by atoms with E-state index in [1.165, 1.54) is 12.8 Å². The first kappa shape index (κ1) is 13.4. The third kappa shape index (κ3) is 8.03. The van der Waals surface area contributed by atoms with Crippen molar-refractivity contribution in [3.63, 3.8) is 0 Å². The summed E-state index contributed by atoms with van der Waals surface area (Å²) in [5.41, 5.74) is 0. The first-order valence-corrected chi connectivity index (χ1v) is 5.44. The van der Waals surface area contributed by atoms with Crippen molar-refractivity contribution in [3.8, 4) is 6.07 Å². The molecule has 1 unspecified atom stereocenters. The fourth-order valence-corrected chi connectivity index (χ4v) is 1.33. The summed E-state index contributed by atoms with van der Waals surface area (Å²) in [4.78, 5) is 0. The van der Waals surface area contributed by atoms with Crippen LogP contribution >= 0.6 is 0 Å². The Balaban J connectivity index is 3.21. The average molecular weight is 198 g/mol. The molecule has 0 aliphatic heterocycles. The minimum absolute atomic E-state index is 0.377. The maximum atomic E-state index is 8.53. The Bertz CT molecular complexity index is 154. The summed E-state index contributed by atoms with van der Waals surface area (Å²) in [6.45, 7) is 3.99. The Labute approximate surface area is 87.4 Å². The van der Waals surface area contributed by atoms with Gasteiger partial charge in [0.2, 0.25) is 0 Å². The van der Waals surface area contributed by atoms with Crippen LogP contribution in [0.4, 0.5) is 0 Å². The fraction of sp³-hybridized carbons (Fsp3) is 0.909. The highest BCUT2D eigenvalue weighted by atomic mass is 16.5. The molecular formula is C11H22N2O. The number of nitriles is 1. The number of hydrogen-bond acceptors (Lipinski definition) is 3. The van der Waals surface area contributed by atoms with Crippen molar-refractivity contribution >= 4 is 0 Å². The fourth-order valence-electron chi connectivity index (χ4n) is 1.33. The van der Waals surface area contributed by atoms with Gasteiger partial charge in [0.25, 0.3) is 0 Å². The molecule has 0 bridgehead atoms. The largest absolute Gasteiger partial charge is 0.385 e. The molecule has 1 N–H and O–H groups in total. The van der Waals surface area contributed by atoms with Gasteiger partial charge in [-0.1, -0.05) is 6.92 Å². The molecule has 0 radical (unpaired) electrons. The van der Waals surface area contributed by atoms with Gasteiger partial charge in [-0.15, -0.1) is 0 Å². The van der Waals surface area contributed by atoms with Crippen LogP contribution in [0.5, 0.6) is 0 Å². The third-order valence-electron chi connectivity index (χ3n) is 2.29. The van der Waals surface area contributed by atoms with Gasteiger partial charge in [-0.2, -0.15) is 5.26 Å². The second-order valence-corrected chi connectivity index (χ2v) is 3.47. The lowest BCUT2D eigenvalue weighted by Gasteiger charge is -2.12. The van der Waals surface area contributed by atoms with Crippen molar-refractivity contribution in [1.82, 2.24) is 5.32 Å². The van der Waals surface area contributed by atoms with Gasteiger partial charge >= 0.3 is 0 Å². The summed E-state index contributed by atoms with van der Waals surface area (Å²) in [6.07, 6.45) is 5.16. The van der Waals surface area contributed by atoms with E-state index in [2.05, 4.69) is 18.3 Å². The molecule has 82 valence electrons. The molecule has 0 aliphatic carbocycles. The van der Waals surface area contributed by atoms with Crippen molar-refractivity contribution in [2.45, 2.75) is 45.1 Å². The highest BCUT2D eigenvalue weighted by Crippen LogP contribution is 1.98. The van der Waals surface area contributed by atoms with Crippen LogP contribution in [0.1, 0.15) is 39.0 Å². The molecule has 0 saturated heterocycles. The summed E-state index contributed by atoms with van der Waals surface area (Å²) >= 11 is 0. The topological polar surface area (TPSA) is 45.0 Å². The van der Waals surface area contributed by atoms with Crippen molar-refractivity contribution < 1.29 is 4.74 Å². The van der Waals surface area contributed by atoms with Crippen molar-refractivity contribution in [2.24, 2.45) is 0 Å². The Morgan fingerprint density at radius 2 is 2.14 bits per heavy atom. The van der Waals surface area contributed by atoms with Crippen LogP contribution < -0.4 is 5.32 Å². The quantitative estimate of drug-likeness (QED) is 0.577. The molecule has 0 amide bonds. The first-order valence-electron chi connectivity index (χ1n) is 5.44. The molecule has 0 aromatic carbocycles. The highest BCUT2D eigenvalue weighted by Gasteiger charge is 2.02. The summed E-state index contributed by atoms with van der Waals surface area (Å²) in [6, 6.07) is 2.57. The van der Waals surface area contributed by atoms with Crippen LogP contribution in [0, 0.1) is 11.3 Å². The molecular weight excluding hydrogens is 176 g/mol. The summed E-state index contributed by atoms with van der Waals surface area (Å²) in [5, 5.41) is 11.9. The SMILES string of the molecule is CCC(CC#N)NCCCCCOC. The standard InChI is InChI=1S/C11H22N2O/c1-3-11(7-8-12)13-9-5-4-6-10-14-2/h11,13H,3-7,9-10H2,1-2H3. The first-order chi connectivity index (χ1) is 6.85. The summed E-state index contributed by atoms with van der Waals surface area (Å²) in [7, 11) is 1.73. The smallest absolute Gasteiger partial charge is 0.0638 e. The van der Waals surface area contributed by atoms with Gasteiger partial charge in [0.15, 0.2) is 0 Å². The molecule has 0 aliphatic rings. The van der Waals surface area contributed by atoms with Crippen molar-refractivity contribution in [1.29, 1.82) is 5.26 Å². The van der Waals surface area contributed by atoms with Crippen LogP contribution in [-0.2, 0) is 4.74 Å². The van der Waals surface area contributed by atoms with Crippen LogP contribution in [-0.4, -0.2) is 26.3 Å². The van der Waals surface area contributed by atoms with E-state index in [9.17, 15) is 0 Å². The van der Waals surface area contributed by atoms with E-state index in [1.54, 1.807) is 7.11 Å². The molecule has 0 spiro atoms. The molecule has 3 nitrogen and oxygen atoms in total. The Morgan fingerprint density at radius 3 is 2.71 bits per heavy atom. The molecule has 0 aromatic rings. The third-order valence-corrected chi connectivity index (χ3v) is 2.29. The Hall–Kier alpha value is -0.590. The van der Waals surface area contributed by atoms with Gasteiger partial charge in [0.05, 0.1) is 12.5 Å². The minimum Gasteiger partial charge on any atom is -0.385 e. The second kappa shape index (κ2) is 10.5. The predicted octanol–water partition coefficient (Wildman–Crippen LogP) is 2.08. The Kier molecular flexibility index (Phi) is 10.0. The number of unbranched alkanes of at least 4 members (excludes halogenated alkanes) is 2. The lowest BCUT2D eigenvalue weighted by Crippen LogP contribution is -2.28. The van der Waals surface area contributed by atoms with Crippen molar-refractivity contribution in [3.05, 3.63) is 0 Å². The number of ether oxygens (including phenoxy) is 1. The summed E-state index contributed by atoms with van der Waals surface area (Å²) < 4.78 is 4.97. The zero-order valence-corrected chi connectivity index (χ0v) is 9.38. The molecule has 3 heteroatoms. The van der Waals surface area contributed by atoms with E-state index in [-0.39, 0.29) is 0 Å². The molecule has 0 fully saturated rings. The van der Waals surface area contributed by atoms with Crippen LogP contribution in [0.2, 0.25) is 0 Å². The minimum atomic E-state index is 0.377. The van der Waals surface area contributed by atoms with Gasteiger partial charge in [-0.05, 0) is 32.2 Å². The maximum absolute atomic E-state index is 8.53. The van der Waals surface area contributed by atoms with E-state index in [0.29, 0.717) is 12.5 Å². The van der Waals surface area contributed by atoms with Crippen LogP contribution in [0.25, 0.3) is 0 Å². The van der Waals surface area contributed by atoms with Gasteiger partial charge in [0, 0.05) is 19.8 Å². The van der Waals surface area contributed by atoms with E-state index >= 15 is 0 Å². The molecule has 0 saturated carbocycles. The van der Waals surface area contributed by atoms with Gasteiger partial charge < -0.3 is 10.1 Å². The normalized spacial score (nSPS) is 12.4. The number of rotatable bonds is 9. The number of nitrogens with one attached hydrogen (secondary N) is 1. The van der Waals surface area contributed by atoms with Gasteiger partial charge in [0.1, 0.15) is 0 Å². The van der Waals surface area contributed by atoms with E-state index in [1.807, 2.05) is 0 Å².